The number of pyridine rings is 1. The van der Waals surface area contributed by atoms with E-state index in [2.05, 4.69) is 16.4 Å². The number of fused-ring (bicyclic) bond motifs is 2. The van der Waals surface area contributed by atoms with E-state index in [0.29, 0.717) is 29.9 Å². The second-order valence-electron chi connectivity index (χ2n) is 11.7. The lowest BCUT2D eigenvalue weighted by atomic mass is 9.83. The second-order valence-corrected chi connectivity index (χ2v) is 11.7. The van der Waals surface area contributed by atoms with Gasteiger partial charge in [-0.05, 0) is 83.2 Å². The van der Waals surface area contributed by atoms with Crippen LogP contribution in [0.2, 0.25) is 0 Å². The Hall–Kier alpha value is -3.93. The summed E-state index contributed by atoms with van der Waals surface area (Å²) < 4.78 is 7.34. The highest BCUT2D eigenvalue weighted by atomic mass is 16.6. The van der Waals surface area contributed by atoms with Crippen molar-refractivity contribution in [2.45, 2.75) is 83.9 Å². The van der Waals surface area contributed by atoms with Gasteiger partial charge in [0.1, 0.15) is 22.9 Å². The van der Waals surface area contributed by atoms with Gasteiger partial charge in [0.2, 0.25) is 5.95 Å². The third-order valence-corrected chi connectivity index (χ3v) is 7.50. The minimum Gasteiger partial charge on any atom is -0.444 e. The van der Waals surface area contributed by atoms with Crippen molar-refractivity contribution in [1.29, 1.82) is 5.26 Å². The highest BCUT2D eigenvalue weighted by Crippen LogP contribution is 2.37. The molecule has 0 radical (unpaired) electrons. The molecule has 3 aromatic rings. The molecule has 1 fully saturated rings. The van der Waals surface area contributed by atoms with Crippen molar-refractivity contribution in [2.75, 3.05) is 11.9 Å². The Balaban J connectivity index is 1.45. The van der Waals surface area contributed by atoms with Gasteiger partial charge < -0.3 is 10.1 Å². The zero-order valence-corrected chi connectivity index (χ0v) is 22.7. The molecule has 0 bridgehead atoms. The van der Waals surface area contributed by atoms with Gasteiger partial charge in [0.15, 0.2) is 0 Å². The fraction of sp³-hybridized carbons (Fsp3) is 0.483. The van der Waals surface area contributed by atoms with Crippen LogP contribution >= 0.6 is 0 Å². The number of anilines is 2. The van der Waals surface area contributed by atoms with Crippen LogP contribution in [-0.4, -0.2) is 37.7 Å². The first kappa shape index (κ1) is 25.7. The molecule has 2 aromatic heterocycles. The first-order valence-electron chi connectivity index (χ1n) is 13.2. The monoisotopic (exact) mass is 514 g/mol. The minimum absolute atomic E-state index is 0.0416. The molecular formula is C29H34N6O3. The molecule has 198 valence electrons. The molecule has 0 atom stereocenters. The molecule has 9 nitrogen and oxygen atoms in total. The Morgan fingerprint density at radius 2 is 1.95 bits per heavy atom. The number of nitriles is 1. The number of hydrogen-bond donors (Lipinski definition) is 1. The smallest absolute Gasteiger partial charge is 0.411 e. The van der Waals surface area contributed by atoms with E-state index in [1.165, 1.54) is 0 Å². The highest BCUT2D eigenvalue weighted by Gasteiger charge is 2.39. The summed E-state index contributed by atoms with van der Waals surface area (Å²) in [6.45, 7) is 10.2. The third-order valence-electron chi connectivity index (χ3n) is 7.50. The number of nitrogens with zero attached hydrogens (tertiary/aromatic N) is 5. The van der Waals surface area contributed by atoms with Crippen LogP contribution in [0.1, 0.15) is 83.0 Å². The fourth-order valence-electron chi connectivity index (χ4n) is 5.66. The van der Waals surface area contributed by atoms with Gasteiger partial charge in [-0.3, -0.25) is 14.3 Å². The van der Waals surface area contributed by atoms with E-state index in [9.17, 15) is 14.9 Å². The molecule has 2 aliphatic rings. The molecule has 38 heavy (non-hydrogen) atoms. The van der Waals surface area contributed by atoms with Crippen molar-refractivity contribution in [3.63, 3.8) is 0 Å². The van der Waals surface area contributed by atoms with Gasteiger partial charge in [-0.2, -0.15) is 10.2 Å². The van der Waals surface area contributed by atoms with Gasteiger partial charge in [0.25, 0.3) is 5.56 Å². The Kier molecular flexibility index (Phi) is 6.38. The summed E-state index contributed by atoms with van der Waals surface area (Å²) in [7, 11) is 0. The van der Waals surface area contributed by atoms with Crippen molar-refractivity contribution in [2.24, 2.45) is 0 Å². The summed E-state index contributed by atoms with van der Waals surface area (Å²) in [5.41, 5.74) is 2.33. The Bertz CT molecular complexity index is 1510. The minimum atomic E-state index is -0.556. The predicted molar refractivity (Wildman–Crippen MR) is 145 cm³/mol. The largest absolute Gasteiger partial charge is 0.444 e. The number of carbonyl (C=O) groups is 1. The Labute approximate surface area is 222 Å². The molecule has 3 heterocycles. The van der Waals surface area contributed by atoms with Crippen LogP contribution < -0.4 is 10.9 Å². The molecule has 1 amide bonds. The lowest BCUT2D eigenvalue weighted by Crippen LogP contribution is -2.51. The lowest BCUT2D eigenvalue weighted by molar-refractivity contribution is -0.000300. The van der Waals surface area contributed by atoms with E-state index in [1.54, 1.807) is 21.7 Å². The van der Waals surface area contributed by atoms with Gasteiger partial charge >= 0.3 is 6.09 Å². The number of carbonyl (C=O) groups excluding carboxylic acids is 1. The number of aromatic nitrogens is 3. The highest BCUT2D eigenvalue weighted by molar-refractivity contribution is 5.77. The van der Waals surface area contributed by atoms with E-state index in [-0.39, 0.29) is 23.3 Å². The van der Waals surface area contributed by atoms with Crippen molar-refractivity contribution < 1.29 is 9.53 Å². The third kappa shape index (κ3) is 4.71. The zero-order chi connectivity index (χ0) is 27.2. The van der Waals surface area contributed by atoms with Crippen LogP contribution in [0.3, 0.4) is 0 Å². The molecular weight excluding hydrogens is 480 g/mol. The zero-order valence-electron chi connectivity index (χ0n) is 22.7. The number of ether oxygens (including phenoxy) is 1. The number of nitrogens with one attached hydrogen (secondary N) is 1. The number of rotatable bonds is 3. The predicted octanol–water partition coefficient (Wildman–Crippen LogP) is 5.55. The summed E-state index contributed by atoms with van der Waals surface area (Å²) in [6.07, 6.45) is 5.97. The van der Waals surface area contributed by atoms with Gasteiger partial charge in [0, 0.05) is 29.9 Å². The van der Waals surface area contributed by atoms with E-state index < -0.39 is 11.1 Å². The van der Waals surface area contributed by atoms with Gasteiger partial charge in [-0.25, -0.2) is 9.78 Å². The van der Waals surface area contributed by atoms with Crippen LogP contribution in [-0.2, 0) is 16.7 Å². The topological polar surface area (TPSA) is 113 Å². The van der Waals surface area contributed by atoms with Crippen LogP contribution in [0, 0.1) is 11.3 Å². The Morgan fingerprint density at radius 1 is 1.21 bits per heavy atom. The van der Waals surface area contributed by atoms with Gasteiger partial charge in [0.05, 0.1) is 5.54 Å². The standard InChI is InChI=1S/C29H34N6O3/c1-28(2,3)38-27(37)34-13-12-18-15-21(10-11-23(18)29(34,4)5)32-26-31-17-20-14-19(16-30)25(36)35(24(20)33-26)22-8-6-7-9-22/h10-11,14-15,17,22H,6-9,12-13H2,1-5H3,(H,31,32,33). The van der Waals surface area contributed by atoms with Crippen LogP contribution in [0.5, 0.6) is 0 Å². The maximum absolute atomic E-state index is 13.1. The van der Waals surface area contributed by atoms with Crippen LogP contribution in [0.15, 0.2) is 35.3 Å². The second kappa shape index (κ2) is 9.43. The van der Waals surface area contributed by atoms with Crippen molar-refractivity contribution in [3.05, 3.63) is 57.5 Å². The summed E-state index contributed by atoms with van der Waals surface area (Å²) in [5.74, 6) is 0.388. The van der Waals surface area contributed by atoms with Crippen molar-refractivity contribution in [1.82, 2.24) is 19.4 Å². The summed E-state index contributed by atoms with van der Waals surface area (Å²) in [5, 5.41) is 13.5. The molecule has 0 unspecified atom stereocenters. The molecule has 0 spiro atoms. The molecule has 1 saturated carbocycles. The molecule has 1 aromatic carbocycles. The molecule has 1 N–H and O–H groups in total. The summed E-state index contributed by atoms with van der Waals surface area (Å²) >= 11 is 0. The normalized spacial score (nSPS) is 17.2. The quantitative estimate of drug-likeness (QED) is 0.487. The van der Waals surface area contributed by atoms with E-state index >= 15 is 0 Å². The summed E-state index contributed by atoms with van der Waals surface area (Å²) in [4.78, 5) is 36.9. The lowest BCUT2D eigenvalue weighted by Gasteiger charge is -2.44. The van der Waals surface area contributed by atoms with E-state index in [0.717, 1.165) is 42.5 Å². The Morgan fingerprint density at radius 3 is 2.63 bits per heavy atom. The molecule has 5 rings (SSSR count). The molecule has 9 heteroatoms. The SMILES string of the molecule is CC(C)(C)OC(=O)N1CCc2cc(Nc3ncc4cc(C#N)c(=O)n(C5CCCC5)c4n3)ccc2C1(C)C. The van der Waals surface area contributed by atoms with Crippen molar-refractivity contribution >= 4 is 28.8 Å². The van der Waals surface area contributed by atoms with Gasteiger partial charge in [-0.15, -0.1) is 0 Å². The maximum Gasteiger partial charge on any atom is 0.411 e. The van der Waals surface area contributed by atoms with E-state index in [4.69, 9.17) is 9.72 Å². The van der Waals surface area contributed by atoms with Crippen LogP contribution in [0.4, 0.5) is 16.4 Å². The molecule has 0 saturated heterocycles. The average Bonchev–Trinajstić information content (AvgIpc) is 3.36. The average molecular weight is 515 g/mol. The first-order valence-corrected chi connectivity index (χ1v) is 13.2. The van der Waals surface area contributed by atoms with Gasteiger partial charge in [-0.1, -0.05) is 18.9 Å². The summed E-state index contributed by atoms with van der Waals surface area (Å²) in [6, 6.07) is 9.69. The van der Waals surface area contributed by atoms with Crippen molar-refractivity contribution in [3.8, 4) is 6.07 Å². The maximum atomic E-state index is 13.1. The fourth-order valence-corrected chi connectivity index (χ4v) is 5.66. The molecule has 1 aliphatic carbocycles. The van der Waals surface area contributed by atoms with Crippen LogP contribution in [0.25, 0.3) is 11.0 Å². The number of amides is 1. The van der Waals surface area contributed by atoms with E-state index in [1.807, 2.05) is 52.8 Å². The molecule has 1 aliphatic heterocycles. The first-order chi connectivity index (χ1) is 18.0. The number of hydrogen-bond acceptors (Lipinski definition) is 7. The number of benzene rings is 1.